The number of fused-ring (bicyclic) bond motifs is 1. The Labute approximate surface area is 139 Å². The fourth-order valence-corrected chi connectivity index (χ4v) is 3.19. The van der Waals surface area contributed by atoms with Crippen molar-refractivity contribution in [1.82, 2.24) is 15.2 Å². The molecule has 0 saturated carbocycles. The minimum atomic E-state index is -2.33. The van der Waals surface area contributed by atoms with E-state index in [9.17, 15) is 13.6 Å². The lowest BCUT2D eigenvalue weighted by atomic mass is 10.1. The van der Waals surface area contributed by atoms with E-state index >= 15 is 0 Å². The predicted octanol–water partition coefficient (Wildman–Crippen LogP) is 2.17. The Morgan fingerprint density at radius 3 is 3.08 bits per heavy atom. The van der Waals surface area contributed by atoms with Gasteiger partial charge in [0.2, 0.25) is 5.91 Å². The highest BCUT2D eigenvalue weighted by atomic mass is 19.3. The van der Waals surface area contributed by atoms with Crippen molar-refractivity contribution in [2.45, 2.75) is 25.3 Å². The minimum absolute atomic E-state index is 0.0593. The van der Waals surface area contributed by atoms with Crippen LogP contribution in [0.5, 0.6) is 5.75 Å². The first-order valence-electron chi connectivity index (χ1n) is 7.99. The van der Waals surface area contributed by atoms with Crippen molar-refractivity contribution in [3.05, 3.63) is 30.0 Å². The van der Waals surface area contributed by atoms with E-state index in [4.69, 9.17) is 4.74 Å². The monoisotopic (exact) mass is 337 g/mol. The molecule has 0 aliphatic carbocycles. The number of nitrogens with zero attached hydrogens (tertiary/aromatic N) is 1. The molecule has 1 atom stereocenters. The lowest BCUT2D eigenvalue weighted by molar-refractivity contribution is -0.121. The van der Waals surface area contributed by atoms with Gasteiger partial charge in [0.05, 0.1) is 20.1 Å². The van der Waals surface area contributed by atoms with Crippen molar-refractivity contribution in [3.8, 4) is 5.75 Å². The normalized spacial score (nSPS) is 18.4. The first-order chi connectivity index (χ1) is 11.5. The van der Waals surface area contributed by atoms with Gasteiger partial charge in [-0.05, 0) is 30.2 Å². The number of rotatable bonds is 6. The van der Waals surface area contributed by atoms with Gasteiger partial charge in [-0.3, -0.25) is 9.69 Å². The van der Waals surface area contributed by atoms with Crippen molar-refractivity contribution in [2.75, 3.05) is 26.7 Å². The zero-order chi connectivity index (χ0) is 17.1. The lowest BCUT2D eigenvalue weighted by Crippen LogP contribution is -2.38. The van der Waals surface area contributed by atoms with Crippen LogP contribution in [0, 0.1) is 0 Å². The number of likely N-dealkylation sites (tertiary alicyclic amines) is 1. The van der Waals surface area contributed by atoms with Gasteiger partial charge >= 0.3 is 0 Å². The Morgan fingerprint density at radius 1 is 1.50 bits per heavy atom. The SMILES string of the molecule is COc1ccc2[nH]cc(CC(=O)NC3CCN(CC(F)F)C3)c2c1. The number of aromatic amines is 1. The van der Waals surface area contributed by atoms with Crippen LogP contribution in [-0.2, 0) is 11.2 Å². The van der Waals surface area contributed by atoms with Gasteiger partial charge < -0.3 is 15.0 Å². The summed E-state index contributed by atoms with van der Waals surface area (Å²) in [6, 6.07) is 5.61. The van der Waals surface area contributed by atoms with Crippen LogP contribution in [0.3, 0.4) is 0 Å². The van der Waals surface area contributed by atoms with Crippen LogP contribution in [0.25, 0.3) is 10.9 Å². The molecule has 2 aromatic rings. The molecule has 1 aliphatic rings. The Bertz CT molecular complexity index is 717. The van der Waals surface area contributed by atoms with Crippen molar-refractivity contribution < 1.29 is 18.3 Å². The number of ether oxygens (including phenoxy) is 1. The molecule has 130 valence electrons. The molecule has 2 heterocycles. The summed E-state index contributed by atoms with van der Waals surface area (Å²) < 4.78 is 30.0. The fraction of sp³-hybridized carbons (Fsp3) is 0.471. The summed E-state index contributed by atoms with van der Waals surface area (Å²) in [5, 5.41) is 3.90. The third-order valence-corrected chi connectivity index (χ3v) is 4.36. The molecule has 1 amide bonds. The summed E-state index contributed by atoms with van der Waals surface area (Å²) in [6.45, 7) is 0.853. The summed E-state index contributed by atoms with van der Waals surface area (Å²) >= 11 is 0. The maximum atomic E-state index is 12.4. The minimum Gasteiger partial charge on any atom is -0.497 e. The highest BCUT2D eigenvalue weighted by molar-refractivity contribution is 5.89. The second kappa shape index (κ2) is 7.17. The Kier molecular flexibility index (Phi) is 4.99. The molecule has 2 N–H and O–H groups in total. The zero-order valence-corrected chi connectivity index (χ0v) is 13.5. The first kappa shape index (κ1) is 16.7. The van der Waals surface area contributed by atoms with Crippen LogP contribution in [-0.4, -0.2) is 55.0 Å². The number of carbonyl (C=O) groups is 1. The third-order valence-electron chi connectivity index (χ3n) is 4.36. The zero-order valence-electron chi connectivity index (χ0n) is 13.5. The molecule has 0 radical (unpaired) electrons. The van der Waals surface area contributed by atoms with Crippen molar-refractivity contribution in [1.29, 1.82) is 0 Å². The van der Waals surface area contributed by atoms with Gasteiger partial charge in [0.25, 0.3) is 6.43 Å². The van der Waals surface area contributed by atoms with Gasteiger partial charge in [0.15, 0.2) is 0 Å². The predicted molar refractivity (Wildman–Crippen MR) is 87.5 cm³/mol. The quantitative estimate of drug-likeness (QED) is 0.849. The first-order valence-corrected chi connectivity index (χ1v) is 7.99. The van der Waals surface area contributed by atoms with E-state index in [0.717, 1.165) is 22.2 Å². The molecule has 1 aromatic heterocycles. The lowest BCUT2D eigenvalue weighted by Gasteiger charge is -2.16. The van der Waals surface area contributed by atoms with Crippen molar-refractivity contribution in [3.63, 3.8) is 0 Å². The van der Waals surface area contributed by atoms with Crippen LogP contribution < -0.4 is 10.1 Å². The molecule has 1 aliphatic heterocycles. The van der Waals surface area contributed by atoms with Crippen molar-refractivity contribution in [2.24, 2.45) is 0 Å². The Morgan fingerprint density at radius 2 is 2.33 bits per heavy atom. The van der Waals surface area contributed by atoms with Gasteiger partial charge in [-0.2, -0.15) is 0 Å². The molecular weight excluding hydrogens is 316 g/mol. The molecule has 1 aromatic carbocycles. The number of H-pyrrole nitrogens is 1. The average Bonchev–Trinajstić information content (AvgIpc) is 3.13. The summed E-state index contributed by atoms with van der Waals surface area (Å²) in [7, 11) is 1.60. The van der Waals surface area contributed by atoms with E-state index in [-0.39, 0.29) is 24.9 Å². The number of aromatic nitrogens is 1. The fourth-order valence-electron chi connectivity index (χ4n) is 3.19. The standard InChI is InChI=1S/C17H21F2N3O2/c1-24-13-2-3-15-14(7-13)11(8-20-15)6-17(23)21-12-4-5-22(9-12)10-16(18)19/h2-3,7-8,12,16,20H,4-6,9-10H2,1H3,(H,21,23). The molecule has 5 nitrogen and oxygen atoms in total. The van der Waals surface area contributed by atoms with E-state index in [1.54, 1.807) is 12.0 Å². The van der Waals surface area contributed by atoms with Crippen LogP contribution in [0.2, 0.25) is 0 Å². The van der Waals surface area contributed by atoms with E-state index in [2.05, 4.69) is 10.3 Å². The van der Waals surface area contributed by atoms with E-state index < -0.39 is 6.43 Å². The molecule has 0 bridgehead atoms. The topological polar surface area (TPSA) is 57.4 Å². The molecule has 1 fully saturated rings. The van der Waals surface area contributed by atoms with Crippen LogP contribution in [0.4, 0.5) is 8.78 Å². The van der Waals surface area contributed by atoms with E-state index in [0.29, 0.717) is 19.5 Å². The second-order valence-electron chi connectivity index (χ2n) is 6.11. The summed E-state index contributed by atoms with van der Waals surface area (Å²) in [4.78, 5) is 17.1. The molecule has 1 unspecified atom stereocenters. The van der Waals surface area contributed by atoms with Gasteiger partial charge in [-0.1, -0.05) is 0 Å². The summed E-state index contributed by atoms with van der Waals surface area (Å²) in [6.07, 6.45) is 0.445. The maximum absolute atomic E-state index is 12.4. The average molecular weight is 337 g/mol. The second-order valence-corrected chi connectivity index (χ2v) is 6.11. The maximum Gasteiger partial charge on any atom is 0.251 e. The number of hydrogen-bond donors (Lipinski definition) is 2. The number of nitrogens with one attached hydrogen (secondary N) is 2. The summed E-state index contributed by atoms with van der Waals surface area (Å²) in [5.41, 5.74) is 1.84. The van der Waals surface area contributed by atoms with Crippen LogP contribution in [0.1, 0.15) is 12.0 Å². The van der Waals surface area contributed by atoms with Crippen LogP contribution in [0.15, 0.2) is 24.4 Å². The van der Waals surface area contributed by atoms with Crippen molar-refractivity contribution >= 4 is 16.8 Å². The molecule has 0 spiro atoms. The van der Waals surface area contributed by atoms with E-state index in [1.165, 1.54) is 0 Å². The van der Waals surface area contributed by atoms with Crippen LogP contribution >= 0.6 is 0 Å². The van der Waals surface area contributed by atoms with E-state index in [1.807, 2.05) is 24.4 Å². The summed E-state index contributed by atoms with van der Waals surface area (Å²) in [5.74, 6) is 0.643. The Hall–Kier alpha value is -2.15. The molecule has 1 saturated heterocycles. The highest BCUT2D eigenvalue weighted by Gasteiger charge is 2.25. The number of carbonyl (C=O) groups excluding carboxylic acids is 1. The van der Waals surface area contributed by atoms with Gasteiger partial charge in [-0.25, -0.2) is 8.78 Å². The molecular formula is C17H21F2N3O2. The number of benzene rings is 1. The number of methoxy groups -OCH3 is 1. The number of alkyl halides is 2. The number of hydrogen-bond acceptors (Lipinski definition) is 3. The van der Waals surface area contributed by atoms with Gasteiger partial charge in [0.1, 0.15) is 5.75 Å². The number of halogens is 2. The molecule has 3 rings (SSSR count). The molecule has 24 heavy (non-hydrogen) atoms. The molecule has 7 heteroatoms. The smallest absolute Gasteiger partial charge is 0.251 e. The highest BCUT2D eigenvalue weighted by Crippen LogP contribution is 2.24. The number of amides is 1. The van der Waals surface area contributed by atoms with Gasteiger partial charge in [0, 0.05) is 36.2 Å². The Balaban J connectivity index is 1.59. The largest absolute Gasteiger partial charge is 0.497 e. The van der Waals surface area contributed by atoms with Gasteiger partial charge in [-0.15, -0.1) is 0 Å². The third kappa shape index (κ3) is 3.84.